The van der Waals surface area contributed by atoms with Crippen molar-refractivity contribution in [2.24, 2.45) is 0 Å². The van der Waals surface area contributed by atoms with Crippen molar-refractivity contribution in [1.82, 2.24) is 24.8 Å². The fourth-order valence-corrected chi connectivity index (χ4v) is 3.47. The zero-order valence-electron chi connectivity index (χ0n) is 15.1. The first-order valence-corrected chi connectivity index (χ1v) is 9.04. The number of ether oxygens (including phenoxy) is 1. The summed E-state index contributed by atoms with van der Waals surface area (Å²) in [6, 6.07) is 0. The van der Waals surface area contributed by atoms with Crippen molar-refractivity contribution < 1.29 is 9.53 Å². The van der Waals surface area contributed by atoms with E-state index in [1.54, 1.807) is 6.20 Å². The molecule has 0 atom stereocenters. The molecule has 2 aromatic heterocycles. The van der Waals surface area contributed by atoms with Crippen molar-refractivity contribution in [3.05, 3.63) is 17.7 Å². The van der Waals surface area contributed by atoms with Crippen LogP contribution in [-0.2, 0) is 4.74 Å². The van der Waals surface area contributed by atoms with E-state index in [9.17, 15) is 4.79 Å². The van der Waals surface area contributed by atoms with Gasteiger partial charge in [0.1, 0.15) is 23.0 Å². The maximum atomic E-state index is 12.6. The van der Waals surface area contributed by atoms with Crippen LogP contribution in [0.3, 0.4) is 0 Å². The van der Waals surface area contributed by atoms with Crippen LogP contribution < -0.4 is 4.90 Å². The van der Waals surface area contributed by atoms with Crippen LogP contribution in [-0.4, -0.2) is 61.7 Å². The van der Waals surface area contributed by atoms with E-state index < -0.39 is 5.60 Å². The Morgan fingerprint density at radius 2 is 2.00 bits per heavy atom. The lowest BCUT2D eigenvalue weighted by atomic mass is 10.1. The first kappa shape index (κ1) is 17.2. The minimum atomic E-state index is -0.498. The third-order valence-corrected chi connectivity index (χ3v) is 4.97. The number of anilines is 1. The molecule has 8 nitrogen and oxygen atoms in total. The molecule has 2 aliphatic rings. The van der Waals surface area contributed by atoms with Gasteiger partial charge in [-0.15, -0.1) is 0 Å². The number of hydrogen-bond acceptors (Lipinski definition) is 7. The largest absolute Gasteiger partial charge is 0.444 e. The third-order valence-electron chi connectivity index (χ3n) is 4.70. The predicted molar refractivity (Wildman–Crippen MR) is 97.3 cm³/mol. The highest BCUT2D eigenvalue weighted by atomic mass is 35.5. The Balaban J connectivity index is 1.55. The number of fused-ring (bicyclic) bond motifs is 1. The number of carbonyl (C=O) groups is 1. The van der Waals surface area contributed by atoms with Crippen LogP contribution in [0.15, 0.2) is 12.5 Å². The van der Waals surface area contributed by atoms with Crippen LogP contribution in [0, 0.1) is 0 Å². The number of carbonyl (C=O) groups excluding carboxylic acids is 1. The Morgan fingerprint density at radius 3 is 2.69 bits per heavy atom. The van der Waals surface area contributed by atoms with E-state index in [-0.39, 0.29) is 11.6 Å². The molecule has 1 aliphatic carbocycles. The van der Waals surface area contributed by atoms with Crippen LogP contribution in [0.2, 0.25) is 5.15 Å². The maximum absolute atomic E-state index is 12.6. The van der Waals surface area contributed by atoms with E-state index in [1.165, 1.54) is 6.33 Å². The summed E-state index contributed by atoms with van der Waals surface area (Å²) in [7, 11) is 0. The molecular weight excluding hydrogens is 356 g/mol. The van der Waals surface area contributed by atoms with E-state index in [0.717, 1.165) is 12.8 Å². The molecule has 3 heterocycles. The molecule has 0 bridgehead atoms. The zero-order valence-corrected chi connectivity index (χ0v) is 15.8. The Kier molecular flexibility index (Phi) is 3.91. The molecule has 26 heavy (non-hydrogen) atoms. The number of piperazine rings is 1. The van der Waals surface area contributed by atoms with Crippen molar-refractivity contribution in [1.29, 1.82) is 0 Å². The molecule has 4 rings (SSSR count). The van der Waals surface area contributed by atoms with Gasteiger partial charge >= 0.3 is 6.09 Å². The number of halogens is 1. The molecule has 138 valence electrons. The summed E-state index contributed by atoms with van der Waals surface area (Å²) < 4.78 is 5.57. The molecule has 0 unspecified atom stereocenters. The van der Waals surface area contributed by atoms with Crippen molar-refractivity contribution in [2.75, 3.05) is 24.5 Å². The van der Waals surface area contributed by atoms with E-state index in [0.29, 0.717) is 41.8 Å². The summed E-state index contributed by atoms with van der Waals surface area (Å²) in [6.07, 6.45) is 4.73. The number of amides is 1. The summed E-state index contributed by atoms with van der Waals surface area (Å²) in [5.41, 5.74) is 0.471. The normalized spacial score (nSPS) is 19.1. The lowest BCUT2D eigenvalue weighted by molar-refractivity contribution is 0.0105. The van der Waals surface area contributed by atoms with Gasteiger partial charge in [-0.3, -0.25) is 4.90 Å². The molecule has 2 fully saturated rings. The summed E-state index contributed by atoms with van der Waals surface area (Å²) in [5.74, 6) is 0.587. The molecule has 9 heteroatoms. The molecule has 2 aromatic rings. The van der Waals surface area contributed by atoms with Gasteiger partial charge in [-0.05, 0) is 33.6 Å². The number of nitrogens with zero attached hydrogens (tertiary/aromatic N) is 6. The first-order chi connectivity index (χ1) is 12.3. The fraction of sp³-hybridized carbons (Fsp3) is 0.588. The highest BCUT2D eigenvalue weighted by Crippen LogP contribution is 2.45. The Hall–Kier alpha value is -2.22. The van der Waals surface area contributed by atoms with Gasteiger partial charge in [-0.25, -0.2) is 24.7 Å². The summed E-state index contributed by atoms with van der Waals surface area (Å²) in [4.78, 5) is 33.6. The van der Waals surface area contributed by atoms with Crippen LogP contribution in [0.5, 0.6) is 0 Å². The molecule has 1 aliphatic heterocycles. The van der Waals surface area contributed by atoms with Gasteiger partial charge in [0.05, 0.1) is 11.7 Å². The molecule has 0 radical (unpaired) electrons. The highest BCUT2D eigenvalue weighted by molar-refractivity contribution is 6.33. The number of hydrogen-bond donors (Lipinski definition) is 0. The highest BCUT2D eigenvalue weighted by Gasteiger charge is 2.54. The Labute approximate surface area is 156 Å². The minimum absolute atomic E-state index is 0.185. The lowest BCUT2D eigenvalue weighted by Crippen LogP contribution is -2.58. The average molecular weight is 377 g/mol. The van der Waals surface area contributed by atoms with Crippen LogP contribution in [0.25, 0.3) is 11.0 Å². The second-order valence-electron chi connectivity index (χ2n) is 7.85. The second-order valence-corrected chi connectivity index (χ2v) is 8.20. The van der Waals surface area contributed by atoms with E-state index in [1.807, 2.05) is 25.7 Å². The molecule has 1 spiro atoms. The standard InChI is InChI=1S/C17H21ClN6O2/c1-16(2,3)26-15(25)24-7-6-23(9-17(24)4-5-17)14-19-8-11-12(22-14)13(18)21-10-20-11/h8,10H,4-7,9H2,1-3H3. The van der Waals surface area contributed by atoms with Gasteiger partial charge < -0.3 is 9.64 Å². The summed E-state index contributed by atoms with van der Waals surface area (Å²) in [5, 5.41) is 0.312. The van der Waals surface area contributed by atoms with E-state index in [2.05, 4.69) is 24.8 Å². The molecular formula is C17H21ClN6O2. The number of aromatic nitrogens is 4. The monoisotopic (exact) mass is 376 g/mol. The van der Waals surface area contributed by atoms with Crippen LogP contribution in [0.1, 0.15) is 33.6 Å². The third kappa shape index (κ3) is 3.13. The Morgan fingerprint density at radius 1 is 1.23 bits per heavy atom. The van der Waals surface area contributed by atoms with E-state index in [4.69, 9.17) is 16.3 Å². The Bertz CT molecular complexity index is 864. The van der Waals surface area contributed by atoms with Gasteiger partial charge in [0.2, 0.25) is 5.95 Å². The van der Waals surface area contributed by atoms with Gasteiger partial charge in [-0.2, -0.15) is 0 Å². The number of rotatable bonds is 1. The molecule has 0 N–H and O–H groups in total. The van der Waals surface area contributed by atoms with Crippen LogP contribution in [0.4, 0.5) is 10.7 Å². The van der Waals surface area contributed by atoms with Gasteiger partial charge in [0.15, 0.2) is 5.15 Å². The lowest BCUT2D eigenvalue weighted by Gasteiger charge is -2.42. The van der Waals surface area contributed by atoms with E-state index >= 15 is 0 Å². The first-order valence-electron chi connectivity index (χ1n) is 8.66. The maximum Gasteiger partial charge on any atom is 0.410 e. The van der Waals surface area contributed by atoms with Gasteiger partial charge in [0.25, 0.3) is 0 Å². The van der Waals surface area contributed by atoms with Crippen molar-refractivity contribution in [3.63, 3.8) is 0 Å². The molecule has 0 aromatic carbocycles. The summed E-state index contributed by atoms with van der Waals surface area (Å²) >= 11 is 6.13. The second kappa shape index (κ2) is 5.90. The zero-order chi connectivity index (χ0) is 18.5. The van der Waals surface area contributed by atoms with Gasteiger partial charge in [-0.1, -0.05) is 11.6 Å². The predicted octanol–water partition coefficient (Wildman–Crippen LogP) is 2.66. The average Bonchev–Trinajstić information content (AvgIpc) is 3.32. The van der Waals surface area contributed by atoms with Gasteiger partial charge in [0, 0.05) is 19.6 Å². The molecule has 1 saturated carbocycles. The topological polar surface area (TPSA) is 84.3 Å². The minimum Gasteiger partial charge on any atom is -0.444 e. The fourth-order valence-electron chi connectivity index (χ4n) is 3.29. The summed E-state index contributed by atoms with van der Waals surface area (Å²) in [6.45, 7) is 7.55. The SMILES string of the molecule is CC(C)(C)OC(=O)N1CCN(c2ncc3ncnc(Cl)c3n2)CC12CC2. The molecule has 1 saturated heterocycles. The van der Waals surface area contributed by atoms with Crippen molar-refractivity contribution in [3.8, 4) is 0 Å². The van der Waals surface area contributed by atoms with Crippen molar-refractivity contribution >= 4 is 34.7 Å². The molecule has 1 amide bonds. The quantitative estimate of drug-likeness (QED) is 0.707. The van der Waals surface area contributed by atoms with Crippen LogP contribution >= 0.6 is 11.6 Å². The smallest absolute Gasteiger partial charge is 0.410 e. The van der Waals surface area contributed by atoms with Crippen molar-refractivity contribution in [2.45, 2.75) is 44.8 Å².